The summed E-state index contributed by atoms with van der Waals surface area (Å²) in [7, 11) is 1.55. The van der Waals surface area contributed by atoms with E-state index in [1.807, 2.05) is 65.9 Å². The molecular weight excluding hydrogens is 482 g/mol. The van der Waals surface area contributed by atoms with Crippen molar-refractivity contribution in [2.24, 2.45) is 0 Å². The Morgan fingerprint density at radius 1 is 0.921 bits per heavy atom. The monoisotopic (exact) mass is 507 g/mol. The van der Waals surface area contributed by atoms with Crippen LogP contribution in [0.4, 0.5) is 10.5 Å². The van der Waals surface area contributed by atoms with Crippen LogP contribution < -0.4 is 10.1 Å². The number of rotatable bonds is 7. The molecule has 38 heavy (non-hydrogen) atoms. The van der Waals surface area contributed by atoms with Crippen molar-refractivity contribution in [3.63, 3.8) is 0 Å². The van der Waals surface area contributed by atoms with Crippen molar-refractivity contribution in [3.8, 4) is 17.0 Å². The maximum absolute atomic E-state index is 13.0. The third-order valence-electron chi connectivity index (χ3n) is 6.22. The molecule has 0 saturated heterocycles. The fourth-order valence-corrected chi connectivity index (χ4v) is 4.34. The molecule has 2 heterocycles. The molecule has 8 nitrogen and oxygen atoms in total. The number of fused-ring (bicyclic) bond motifs is 1. The van der Waals surface area contributed by atoms with Gasteiger partial charge in [0.2, 0.25) is 5.88 Å². The Labute approximate surface area is 219 Å². The lowest BCUT2D eigenvalue weighted by Gasteiger charge is -2.21. The van der Waals surface area contributed by atoms with Crippen molar-refractivity contribution in [1.29, 1.82) is 0 Å². The van der Waals surface area contributed by atoms with Gasteiger partial charge in [-0.05, 0) is 53.4 Å². The predicted molar refractivity (Wildman–Crippen MR) is 144 cm³/mol. The van der Waals surface area contributed by atoms with E-state index in [0.29, 0.717) is 34.0 Å². The van der Waals surface area contributed by atoms with E-state index in [0.717, 1.165) is 11.1 Å². The van der Waals surface area contributed by atoms with Crippen molar-refractivity contribution < 1.29 is 24.2 Å². The summed E-state index contributed by atoms with van der Waals surface area (Å²) in [6.07, 6.45) is 0.326. The molecule has 0 spiro atoms. The average molecular weight is 508 g/mol. The van der Waals surface area contributed by atoms with E-state index < -0.39 is 18.2 Å². The number of nitrogens with one attached hydrogen (secondary N) is 1. The fourth-order valence-electron chi connectivity index (χ4n) is 4.34. The zero-order valence-corrected chi connectivity index (χ0v) is 20.8. The summed E-state index contributed by atoms with van der Waals surface area (Å²) in [6.45, 7) is 1.94. The van der Waals surface area contributed by atoms with Gasteiger partial charge in [-0.3, -0.25) is 9.72 Å². The first kappa shape index (κ1) is 24.6. The number of aryl methyl sites for hydroxylation is 1. The molecule has 5 aromatic rings. The number of hydrogen-bond acceptors (Lipinski definition) is 5. The van der Waals surface area contributed by atoms with Gasteiger partial charge < -0.3 is 14.6 Å². The van der Waals surface area contributed by atoms with Gasteiger partial charge in [0.25, 0.3) is 0 Å². The van der Waals surface area contributed by atoms with Crippen LogP contribution >= 0.6 is 0 Å². The van der Waals surface area contributed by atoms with Crippen LogP contribution in [-0.2, 0) is 4.74 Å². The molecule has 8 heteroatoms. The maximum atomic E-state index is 13.0. The Bertz CT molecular complexity index is 1610. The zero-order chi connectivity index (χ0) is 26.6. The first-order valence-corrected chi connectivity index (χ1v) is 11.9. The highest BCUT2D eigenvalue weighted by molar-refractivity contribution is 5.96. The lowest BCUT2D eigenvalue weighted by Crippen LogP contribution is -2.20. The molecule has 1 amide bonds. The highest BCUT2D eigenvalue weighted by Gasteiger charge is 2.24. The van der Waals surface area contributed by atoms with Crippen molar-refractivity contribution >= 4 is 23.4 Å². The van der Waals surface area contributed by atoms with Gasteiger partial charge in [-0.15, -0.1) is 0 Å². The Balaban J connectivity index is 1.56. The number of para-hydroxylation sites is 1. The molecule has 0 aliphatic rings. The Kier molecular flexibility index (Phi) is 6.78. The van der Waals surface area contributed by atoms with Crippen molar-refractivity contribution in [2.45, 2.75) is 13.0 Å². The molecule has 0 aliphatic heterocycles. The quantitative estimate of drug-likeness (QED) is 0.266. The number of carbonyl (C=O) groups excluding carboxylic acids is 1. The second kappa shape index (κ2) is 10.5. The summed E-state index contributed by atoms with van der Waals surface area (Å²) < 4.78 is 13.2. The smallest absolute Gasteiger partial charge is 0.412 e. The van der Waals surface area contributed by atoms with E-state index in [1.54, 1.807) is 49.7 Å². The molecule has 3 aromatic carbocycles. The number of ether oxygens (including phenoxy) is 2. The summed E-state index contributed by atoms with van der Waals surface area (Å²) in [4.78, 5) is 29.2. The maximum Gasteiger partial charge on any atom is 0.412 e. The second-order valence-corrected chi connectivity index (χ2v) is 8.67. The lowest BCUT2D eigenvalue weighted by molar-refractivity contribution is 0.0697. The van der Waals surface area contributed by atoms with Gasteiger partial charge in [0.05, 0.1) is 24.6 Å². The van der Waals surface area contributed by atoms with E-state index in [1.165, 1.54) is 0 Å². The highest BCUT2D eigenvalue weighted by Crippen LogP contribution is 2.32. The van der Waals surface area contributed by atoms with Crippen LogP contribution in [0.15, 0.2) is 97.2 Å². The number of aromatic nitrogens is 2. The van der Waals surface area contributed by atoms with Crippen molar-refractivity contribution in [3.05, 3.63) is 120 Å². The average Bonchev–Trinajstić information content (AvgIpc) is 3.39. The van der Waals surface area contributed by atoms with Crippen molar-refractivity contribution in [2.75, 3.05) is 12.4 Å². The van der Waals surface area contributed by atoms with Gasteiger partial charge in [0, 0.05) is 5.69 Å². The second-order valence-electron chi connectivity index (χ2n) is 8.67. The number of imidazole rings is 1. The van der Waals surface area contributed by atoms with E-state index in [-0.39, 0.29) is 5.56 Å². The van der Waals surface area contributed by atoms with Gasteiger partial charge in [-0.1, -0.05) is 66.7 Å². The minimum absolute atomic E-state index is 0.209. The molecule has 2 N–H and O–H groups in total. The lowest BCUT2D eigenvalue weighted by atomic mass is 9.97. The molecule has 5 rings (SSSR count). The van der Waals surface area contributed by atoms with E-state index in [9.17, 15) is 14.7 Å². The van der Waals surface area contributed by atoms with Gasteiger partial charge >= 0.3 is 12.1 Å². The Hall–Kier alpha value is -5.11. The molecular formula is C30H25N3O5. The number of methoxy groups -OCH3 is 1. The van der Waals surface area contributed by atoms with Crippen LogP contribution in [0.3, 0.4) is 0 Å². The summed E-state index contributed by atoms with van der Waals surface area (Å²) in [5.41, 5.74) is 5.14. The van der Waals surface area contributed by atoms with E-state index in [4.69, 9.17) is 9.47 Å². The van der Waals surface area contributed by atoms with Crippen LogP contribution in [0.5, 0.6) is 5.88 Å². The van der Waals surface area contributed by atoms with E-state index in [2.05, 4.69) is 10.3 Å². The standard InChI is InChI=1S/C30H25N3O5/c1-19-12-17-25(33-18-26(37-2)32-28(19)33)27(38-30(36)31-22-8-4-3-5-9-22)21-15-13-20(14-16-21)23-10-6-7-11-24(23)29(34)35/h3-18,27H,1-2H3,(H,31,36)(H,34,35). The number of anilines is 1. The van der Waals surface area contributed by atoms with Crippen LogP contribution in [0.2, 0.25) is 0 Å². The number of carbonyl (C=O) groups is 2. The van der Waals surface area contributed by atoms with Crippen LogP contribution in [0, 0.1) is 6.92 Å². The first-order valence-electron chi connectivity index (χ1n) is 11.9. The highest BCUT2D eigenvalue weighted by atomic mass is 16.6. The number of carboxylic acid groups (broad SMARTS) is 1. The first-order chi connectivity index (χ1) is 18.4. The summed E-state index contributed by atoms with van der Waals surface area (Å²) >= 11 is 0. The number of benzene rings is 3. The SMILES string of the molecule is COc1cn2c(C(OC(=O)Nc3ccccc3)c3ccc(-c4ccccc4C(=O)O)cc3)ccc(C)c2n1. The molecule has 0 saturated carbocycles. The molecule has 0 bridgehead atoms. The number of pyridine rings is 1. The zero-order valence-electron chi connectivity index (χ0n) is 20.8. The van der Waals surface area contributed by atoms with Gasteiger partial charge in [-0.25, -0.2) is 9.59 Å². The molecule has 0 radical (unpaired) electrons. The molecule has 2 aromatic heterocycles. The third-order valence-corrected chi connectivity index (χ3v) is 6.22. The number of carboxylic acids is 1. The van der Waals surface area contributed by atoms with Crippen LogP contribution in [-0.4, -0.2) is 33.7 Å². The topological polar surface area (TPSA) is 102 Å². The van der Waals surface area contributed by atoms with E-state index >= 15 is 0 Å². The van der Waals surface area contributed by atoms with Crippen molar-refractivity contribution in [1.82, 2.24) is 9.38 Å². The molecule has 190 valence electrons. The van der Waals surface area contributed by atoms with Crippen LogP contribution in [0.1, 0.15) is 33.3 Å². The Morgan fingerprint density at radius 3 is 2.34 bits per heavy atom. The number of hydrogen-bond donors (Lipinski definition) is 2. The summed E-state index contributed by atoms with van der Waals surface area (Å²) in [5, 5.41) is 12.4. The largest absolute Gasteiger partial charge is 0.480 e. The van der Waals surface area contributed by atoms with Crippen LogP contribution in [0.25, 0.3) is 16.8 Å². The van der Waals surface area contributed by atoms with Gasteiger partial charge in [0.15, 0.2) is 6.10 Å². The number of amides is 1. The minimum atomic E-state index is -1.00. The van der Waals surface area contributed by atoms with Gasteiger partial charge in [0.1, 0.15) is 5.65 Å². The molecule has 1 atom stereocenters. The predicted octanol–water partition coefficient (Wildman–Crippen LogP) is 6.35. The summed E-state index contributed by atoms with van der Waals surface area (Å²) in [6, 6.07) is 27.0. The molecule has 0 aliphatic carbocycles. The van der Waals surface area contributed by atoms with Gasteiger partial charge in [-0.2, -0.15) is 4.98 Å². The minimum Gasteiger partial charge on any atom is -0.480 e. The summed E-state index contributed by atoms with van der Waals surface area (Å²) in [5.74, 6) is -0.562. The molecule has 1 unspecified atom stereocenters. The number of aromatic carboxylic acids is 1. The molecule has 0 fully saturated rings. The fraction of sp³-hybridized carbons (Fsp3) is 0.100. The number of nitrogens with zero attached hydrogens (tertiary/aromatic N) is 2. The Morgan fingerprint density at radius 2 is 1.63 bits per heavy atom. The third kappa shape index (κ3) is 4.92. The normalized spacial score (nSPS) is 11.6.